The topological polar surface area (TPSA) is 107 Å². The average Bonchev–Trinajstić information content (AvgIpc) is 3.00. The van der Waals surface area contributed by atoms with Gasteiger partial charge in [-0.3, -0.25) is 4.79 Å². The van der Waals surface area contributed by atoms with E-state index in [1.54, 1.807) is 6.08 Å². The number of allylic oxidation sites excluding steroid dienone is 2. The second-order valence-corrected chi connectivity index (χ2v) is 8.22. The molecule has 0 radical (unpaired) electrons. The number of rotatable bonds is 12. The number of benzene rings is 1. The molecule has 0 spiro atoms. The lowest BCUT2D eigenvalue weighted by Crippen LogP contribution is -2.20. The molecular weight excluding hydrogens is 441 g/mol. The van der Waals surface area contributed by atoms with Crippen molar-refractivity contribution in [3.63, 3.8) is 0 Å². The van der Waals surface area contributed by atoms with Crippen molar-refractivity contribution >= 4 is 5.97 Å². The van der Waals surface area contributed by atoms with Gasteiger partial charge in [0.1, 0.15) is 5.75 Å². The summed E-state index contributed by atoms with van der Waals surface area (Å²) in [7, 11) is 0. The number of aliphatic hydroxyl groups is 3. The first-order chi connectivity index (χ1) is 15.6. The van der Waals surface area contributed by atoms with Crippen LogP contribution < -0.4 is 4.74 Å². The lowest BCUT2D eigenvalue weighted by Gasteiger charge is -2.19. The second kappa shape index (κ2) is 12.8. The van der Waals surface area contributed by atoms with Crippen molar-refractivity contribution in [3.8, 4) is 5.75 Å². The maximum Gasteiger partial charge on any atom is 0.416 e. The average molecular weight is 473 g/mol. The Morgan fingerprint density at radius 3 is 2.67 bits per heavy atom. The molecule has 1 aromatic rings. The highest BCUT2D eigenvalue weighted by molar-refractivity contribution is 5.66. The Labute approximate surface area is 191 Å². The largest absolute Gasteiger partial charge is 0.493 e. The number of aliphatic carboxylic acids is 1. The van der Waals surface area contributed by atoms with E-state index in [1.807, 2.05) is 12.2 Å². The van der Waals surface area contributed by atoms with E-state index in [-0.39, 0.29) is 43.5 Å². The Kier molecular flexibility index (Phi) is 10.4. The predicted molar refractivity (Wildman–Crippen MR) is 116 cm³/mol. The summed E-state index contributed by atoms with van der Waals surface area (Å²) in [6.45, 7) is 0.00513. The molecule has 1 aromatic carbocycles. The van der Waals surface area contributed by atoms with Crippen LogP contribution in [0, 0.1) is 11.8 Å². The number of carbonyl (C=O) groups is 1. The highest BCUT2D eigenvalue weighted by Crippen LogP contribution is 2.36. The molecule has 1 unspecified atom stereocenters. The summed E-state index contributed by atoms with van der Waals surface area (Å²) >= 11 is 0. The highest BCUT2D eigenvalue weighted by Gasteiger charge is 2.39. The summed E-state index contributed by atoms with van der Waals surface area (Å²) in [5, 5.41) is 39.3. The van der Waals surface area contributed by atoms with Gasteiger partial charge in [0, 0.05) is 25.2 Å². The van der Waals surface area contributed by atoms with Gasteiger partial charge >= 0.3 is 12.1 Å². The molecule has 5 atom stereocenters. The number of aliphatic hydroxyl groups excluding tert-OH is 3. The molecule has 0 saturated heterocycles. The van der Waals surface area contributed by atoms with Crippen LogP contribution in [0.4, 0.5) is 13.2 Å². The van der Waals surface area contributed by atoms with Crippen LogP contribution >= 0.6 is 0 Å². The van der Waals surface area contributed by atoms with E-state index in [0.29, 0.717) is 19.3 Å². The first-order valence-corrected chi connectivity index (χ1v) is 11.0. The van der Waals surface area contributed by atoms with Crippen molar-refractivity contribution in [1.29, 1.82) is 0 Å². The Balaban J connectivity index is 1.82. The molecule has 0 heterocycles. The summed E-state index contributed by atoms with van der Waals surface area (Å²) in [4.78, 5) is 10.5. The summed E-state index contributed by atoms with van der Waals surface area (Å²) in [5.74, 6) is -1.38. The molecular formula is C24H31F3O6. The lowest BCUT2D eigenvalue weighted by molar-refractivity contribution is -0.138. The molecule has 0 aromatic heterocycles. The summed E-state index contributed by atoms with van der Waals surface area (Å²) in [6.07, 6.45) is 2.18. The van der Waals surface area contributed by atoms with Gasteiger partial charge in [-0.1, -0.05) is 30.4 Å². The first-order valence-electron chi connectivity index (χ1n) is 11.0. The molecule has 33 heavy (non-hydrogen) atoms. The van der Waals surface area contributed by atoms with Crippen LogP contribution in [-0.2, 0) is 11.0 Å². The zero-order valence-corrected chi connectivity index (χ0v) is 18.2. The monoisotopic (exact) mass is 472 g/mol. The van der Waals surface area contributed by atoms with Crippen molar-refractivity contribution in [3.05, 3.63) is 54.1 Å². The summed E-state index contributed by atoms with van der Waals surface area (Å²) < 4.78 is 43.6. The number of alkyl halides is 3. The maximum atomic E-state index is 12.8. The third-order valence-corrected chi connectivity index (χ3v) is 5.65. The van der Waals surface area contributed by atoms with E-state index in [9.17, 15) is 33.3 Å². The van der Waals surface area contributed by atoms with E-state index in [0.717, 1.165) is 12.1 Å². The molecule has 0 bridgehead atoms. The van der Waals surface area contributed by atoms with Gasteiger partial charge in [0.25, 0.3) is 0 Å². The third kappa shape index (κ3) is 9.19. The summed E-state index contributed by atoms with van der Waals surface area (Å²) in [5.41, 5.74) is -0.809. The van der Waals surface area contributed by atoms with Gasteiger partial charge in [-0.15, -0.1) is 0 Å². The van der Waals surface area contributed by atoms with Crippen molar-refractivity contribution in [2.24, 2.45) is 11.8 Å². The number of halogens is 3. The molecule has 0 aliphatic heterocycles. The number of hydrogen-bond acceptors (Lipinski definition) is 5. The van der Waals surface area contributed by atoms with Gasteiger partial charge in [0.15, 0.2) is 0 Å². The van der Waals surface area contributed by atoms with Crippen molar-refractivity contribution < 1.29 is 43.1 Å². The number of ether oxygens (including phenoxy) is 1. The Morgan fingerprint density at radius 2 is 1.97 bits per heavy atom. The minimum atomic E-state index is -4.46. The second-order valence-electron chi connectivity index (χ2n) is 8.22. The quantitative estimate of drug-likeness (QED) is 0.271. The molecule has 1 aliphatic carbocycles. The lowest BCUT2D eigenvalue weighted by atomic mass is 9.89. The van der Waals surface area contributed by atoms with E-state index in [1.165, 1.54) is 18.2 Å². The molecule has 1 aliphatic rings. The molecule has 2 rings (SSSR count). The number of carboxylic acid groups (broad SMARTS) is 1. The minimum Gasteiger partial charge on any atom is -0.493 e. The van der Waals surface area contributed by atoms with Crippen LogP contribution in [0.25, 0.3) is 0 Å². The fourth-order valence-electron chi connectivity index (χ4n) is 3.86. The zero-order valence-electron chi connectivity index (χ0n) is 18.2. The highest BCUT2D eigenvalue weighted by atomic mass is 19.4. The predicted octanol–water partition coefficient (Wildman–Crippen LogP) is 3.95. The fourth-order valence-corrected chi connectivity index (χ4v) is 3.86. The standard InChI is InChI=1S/C24H31F3O6/c25-24(26,27)16-6-5-7-18(14-16)33-13-12-17(28)10-11-20-19(21(29)15-22(20)30)8-3-1-2-4-9-23(31)32/h1,3,5-7,10-11,14,17,19-22,28-30H,2,4,8-9,12-13,15H2,(H,31,32)/b3-1-,11-10+/t17-,19-,20-,21?,22-/m1/s1. The van der Waals surface area contributed by atoms with Crippen molar-refractivity contribution in [2.75, 3.05) is 6.61 Å². The molecule has 6 nitrogen and oxygen atoms in total. The van der Waals surface area contributed by atoms with E-state index in [2.05, 4.69) is 0 Å². The van der Waals surface area contributed by atoms with Crippen LogP contribution in [0.2, 0.25) is 0 Å². The van der Waals surface area contributed by atoms with Crippen LogP contribution in [0.15, 0.2) is 48.6 Å². The van der Waals surface area contributed by atoms with Gasteiger partial charge in [-0.25, -0.2) is 0 Å². The van der Waals surface area contributed by atoms with E-state index < -0.39 is 36.0 Å². The maximum absolute atomic E-state index is 12.8. The van der Waals surface area contributed by atoms with Crippen LogP contribution in [-0.4, -0.2) is 51.3 Å². The zero-order chi connectivity index (χ0) is 24.4. The van der Waals surface area contributed by atoms with Crippen molar-refractivity contribution in [2.45, 2.75) is 63.0 Å². The van der Waals surface area contributed by atoms with Gasteiger partial charge < -0.3 is 25.2 Å². The normalized spacial score (nSPS) is 24.5. The molecule has 1 saturated carbocycles. The van der Waals surface area contributed by atoms with Gasteiger partial charge in [0.05, 0.1) is 30.5 Å². The molecule has 4 N–H and O–H groups in total. The number of hydrogen-bond donors (Lipinski definition) is 4. The molecule has 9 heteroatoms. The molecule has 184 valence electrons. The first kappa shape index (κ1) is 26.9. The summed E-state index contributed by atoms with van der Waals surface area (Å²) in [6, 6.07) is 4.52. The van der Waals surface area contributed by atoms with Crippen LogP contribution in [0.3, 0.4) is 0 Å². The Hall–Kier alpha value is -2.36. The minimum absolute atomic E-state index is 0.00513. The van der Waals surface area contributed by atoms with Gasteiger partial charge in [-0.2, -0.15) is 13.2 Å². The smallest absolute Gasteiger partial charge is 0.416 e. The van der Waals surface area contributed by atoms with E-state index in [4.69, 9.17) is 9.84 Å². The van der Waals surface area contributed by atoms with Crippen molar-refractivity contribution in [1.82, 2.24) is 0 Å². The fraction of sp³-hybridized carbons (Fsp3) is 0.542. The van der Waals surface area contributed by atoms with E-state index >= 15 is 0 Å². The molecule has 0 amide bonds. The Bertz CT molecular complexity index is 808. The SMILES string of the molecule is O=C(O)CCC/C=C\C[C@H]1C(O)C[C@@H](O)[C@@H]1/C=C/[C@@H](O)CCOc1cccc(C(F)(F)F)c1. The molecule has 1 fully saturated rings. The Morgan fingerprint density at radius 1 is 1.21 bits per heavy atom. The number of carboxylic acids is 1. The number of unbranched alkanes of at least 4 members (excludes halogenated alkanes) is 1. The van der Waals surface area contributed by atoms with Gasteiger partial charge in [-0.05, 0) is 43.4 Å². The van der Waals surface area contributed by atoms with Gasteiger partial charge in [0.2, 0.25) is 0 Å². The van der Waals surface area contributed by atoms with Crippen LogP contribution in [0.5, 0.6) is 5.75 Å². The van der Waals surface area contributed by atoms with Crippen LogP contribution in [0.1, 0.15) is 44.1 Å². The third-order valence-electron chi connectivity index (χ3n) is 5.65.